The summed E-state index contributed by atoms with van der Waals surface area (Å²) in [6, 6.07) is 15.4. The van der Waals surface area contributed by atoms with E-state index in [1.807, 2.05) is 12.1 Å². The predicted octanol–water partition coefficient (Wildman–Crippen LogP) is 4.87. The quantitative estimate of drug-likeness (QED) is 0.783. The zero-order valence-corrected chi connectivity index (χ0v) is 12.7. The zero-order valence-electron chi connectivity index (χ0n) is 12.7. The van der Waals surface area contributed by atoms with Gasteiger partial charge in [-0.3, -0.25) is 0 Å². The molecule has 0 aromatic heterocycles. The van der Waals surface area contributed by atoms with Crippen LogP contribution >= 0.6 is 0 Å². The van der Waals surface area contributed by atoms with Gasteiger partial charge in [0.1, 0.15) is 0 Å². The molecule has 2 aromatic carbocycles. The highest BCUT2D eigenvalue weighted by Crippen LogP contribution is 2.33. The Morgan fingerprint density at radius 3 is 2.67 bits per heavy atom. The first-order chi connectivity index (χ1) is 10.3. The van der Waals surface area contributed by atoms with Crippen LogP contribution in [0.1, 0.15) is 44.6 Å². The lowest BCUT2D eigenvalue weighted by Crippen LogP contribution is -2.34. The number of hydrogen-bond donors (Lipinski definition) is 0. The van der Waals surface area contributed by atoms with E-state index < -0.39 is 0 Å². The van der Waals surface area contributed by atoms with E-state index in [1.165, 1.54) is 43.2 Å². The molecule has 2 nitrogen and oxygen atoms in total. The molecule has 0 amide bonds. The Morgan fingerprint density at radius 2 is 1.90 bits per heavy atom. The number of nitriles is 1. The third kappa shape index (κ3) is 2.61. The largest absolute Gasteiger partial charge is 0.368 e. The molecule has 0 spiro atoms. The molecule has 1 atom stereocenters. The summed E-state index contributed by atoms with van der Waals surface area (Å²) in [5.74, 6) is 0. The fraction of sp³-hybridized carbons (Fsp3) is 0.421. The monoisotopic (exact) mass is 278 g/mol. The van der Waals surface area contributed by atoms with Crippen LogP contribution in [-0.4, -0.2) is 12.6 Å². The van der Waals surface area contributed by atoms with Gasteiger partial charge in [0, 0.05) is 29.0 Å². The SMILES string of the molecule is CCC1CCCCCN1c1ccc(C#N)c2ccccc12. The minimum absolute atomic E-state index is 0.629. The zero-order chi connectivity index (χ0) is 14.7. The molecule has 2 heteroatoms. The first kappa shape index (κ1) is 13.9. The van der Waals surface area contributed by atoms with Crippen molar-refractivity contribution in [1.29, 1.82) is 5.26 Å². The minimum Gasteiger partial charge on any atom is -0.368 e. The molecule has 1 fully saturated rings. The van der Waals surface area contributed by atoms with Crippen molar-refractivity contribution in [3.8, 4) is 6.07 Å². The fourth-order valence-corrected chi connectivity index (χ4v) is 3.55. The summed E-state index contributed by atoms with van der Waals surface area (Å²) in [5, 5.41) is 11.6. The van der Waals surface area contributed by atoms with Gasteiger partial charge < -0.3 is 4.90 Å². The van der Waals surface area contributed by atoms with E-state index in [0.717, 1.165) is 17.5 Å². The minimum atomic E-state index is 0.629. The van der Waals surface area contributed by atoms with Crippen LogP contribution in [0.4, 0.5) is 5.69 Å². The van der Waals surface area contributed by atoms with Crippen molar-refractivity contribution in [3.05, 3.63) is 42.0 Å². The van der Waals surface area contributed by atoms with E-state index in [2.05, 4.69) is 42.2 Å². The Morgan fingerprint density at radius 1 is 1.10 bits per heavy atom. The van der Waals surface area contributed by atoms with Gasteiger partial charge in [-0.2, -0.15) is 5.26 Å². The number of nitrogens with zero attached hydrogens (tertiary/aromatic N) is 2. The number of hydrogen-bond acceptors (Lipinski definition) is 2. The molecule has 0 bridgehead atoms. The van der Waals surface area contributed by atoms with Gasteiger partial charge in [0.05, 0.1) is 11.6 Å². The average molecular weight is 278 g/mol. The number of rotatable bonds is 2. The van der Waals surface area contributed by atoms with Crippen molar-refractivity contribution in [2.75, 3.05) is 11.4 Å². The maximum atomic E-state index is 9.32. The summed E-state index contributed by atoms with van der Waals surface area (Å²) in [6.45, 7) is 3.42. The normalized spacial score (nSPS) is 19.2. The first-order valence-electron chi connectivity index (χ1n) is 8.03. The van der Waals surface area contributed by atoms with Crippen LogP contribution in [0.15, 0.2) is 36.4 Å². The Labute approximate surface area is 127 Å². The smallest absolute Gasteiger partial charge is 0.0998 e. The highest BCUT2D eigenvalue weighted by atomic mass is 15.2. The lowest BCUT2D eigenvalue weighted by molar-refractivity contribution is 0.557. The van der Waals surface area contributed by atoms with E-state index in [-0.39, 0.29) is 0 Å². The third-order valence-electron chi connectivity index (χ3n) is 4.68. The Hall–Kier alpha value is -2.01. The van der Waals surface area contributed by atoms with E-state index in [1.54, 1.807) is 0 Å². The second-order valence-electron chi connectivity index (χ2n) is 5.89. The highest BCUT2D eigenvalue weighted by Gasteiger charge is 2.21. The van der Waals surface area contributed by atoms with Crippen LogP contribution in [-0.2, 0) is 0 Å². The summed E-state index contributed by atoms with van der Waals surface area (Å²) in [7, 11) is 0. The lowest BCUT2D eigenvalue weighted by atomic mass is 10.0. The van der Waals surface area contributed by atoms with Crippen LogP contribution in [0.2, 0.25) is 0 Å². The number of benzene rings is 2. The summed E-state index contributed by atoms with van der Waals surface area (Å²) >= 11 is 0. The van der Waals surface area contributed by atoms with Gasteiger partial charge in [-0.05, 0) is 31.4 Å². The molecule has 1 aliphatic heterocycles. The molecule has 0 radical (unpaired) electrons. The molecule has 0 aliphatic carbocycles. The van der Waals surface area contributed by atoms with E-state index in [4.69, 9.17) is 0 Å². The first-order valence-corrected chi connectivity index (χ1v) is 8.03. The van der Waals surface area contributed by atoms with Gasteiger partial charge in [-0.1, -0.05) is 44.0 Å². The van der Waals surface area contributed by atoms with Gasteiger partial charge in [0.2, 0.25) is 0 Å². The second kappa shape index (κ2) is 6.18. The molecular weight excluding hydrogens is 256 g/mol. The van der Waals surface area contributed by atoms with Crippen molar-refractivity contribution in [2.24, 2.45) is 0 Å². The number of fused-ring (bicyclic) bond motifs is 1. The molecule has 1 aliphatic rings. The van der Waals surface area contributed by atoms with Crippen molar-refractivity contribution < 1.29 is 0 Å². The topological polar surface area (TPSA) is 27.0 Å². The maximum Gasteiger partial charge on any atom is 0.0998 e. The third-order valence-corrected chi connectivity index (χ3v) is 4.68. The molecule has 21 heavy (non-hydrogen) atoms. The standard InChI is InChI=1S/C19H22N2/c1-2-16-8-4-3-7-13-21(16)19-12-11-15(14-20)17-9-5-6-10-18(17)19/h5-6,9-12,16H,2-4,7-8,13H2,1H3. The van der Waals surface area contributed by atoms with Crippen molar-refractivity contribution >= 4 is 16.5 Å². The van der Waals surface area contributed by atoms with Crippen LogP contribution in [0, 0.1) is 11.3 Å². The molecule has 3 rings (SSSR count). The summed E-state index contributed by atoms with van der Waals surface area (Å²) in [4.78, 5) is 2.58. The highest BCUT2D eigenvalue weighted by molar-refractivity contribution is 5.98. The summed E-state index contributed by atoms with van der Waals surface area (Å²) < 4.78 is 0. The van der Waals surface area contributed by atoms with Crippen LogP contribution in [0.25, 0.3) is 10.8 Å². The van der Waals surface area contributed by atoms with Gasteiger partial charge in [-0.25, -0.2) is 0 Å². The Balaban J connectivity index is 2.13. The molecule has 108 valence electrons. The second-order valence-corrected chi connectivity index (χ2v) is 5.89. The molecular formula is C19H22N2. The Bertz CT molecular complexity index is 669. The van der Waals surface area contributed by atoms with Gasteiger partial charge in [0.15, 0.2) is 0 Å². The molecule has 1 unspecified atom stereocenters. The summed E-state index contributed by atoms with van der Waals surface area (Å²) in [5.41, 5.74) is 2.08. The van der Waals surface area contributed by atoms with E-state index >= 15 is 0 Å². The van der Waals surface area contributed by atoms with Crippen LogP contribution in [0.5, 0.6) is 0 Å². The van der Waals surface area contributed by atoms with Gasteiger partial charge in [-0.15, -0.1) is 0 Å². The molecule has 2 aromatic rings. The van der Waals surface area contributed by atoms with Crippen LogP contribution in [0.3, 0.4) is 0 Å². The van der Waals surface area contributed by atoms with Crippen LogP contribution < -0.4 is 4.90 Å². The maximum absolute atomic E-state index is 9.32. The van der Waals surface area contributed by atoms with Gasteiger partial charge in [0.25, 0.3) is 0 Å². The lowest BCUT2D eigenvalue weighted by Gasteiger charge is -2.32. The Kier molecular flexibility index (Phi) is 4.10. The van der Waals surface area contributed by atoms with Crippen molar-refractivity contribution in [2.45, 2.75) is 45.1 Å². The average Bonchev–Trinajstić information content (AvgIpc) is 2.79. The molecule has 0 N–H and O–H groups in total. The van der Waals surface area contributed by atoms with Gasteiger partial charge >= 0.3 is 0 Å². The predicted molar refractivity (Wildman–Crippen MR) is 88.6 cm³/mol. The van der Waals surface area contributed by atoms with E-state index in [9.17, 15) is 5.26 Å². The van der Waals surface area contributed by atoms with Crippen molar-refractivity contribution in [1.82, 2.24) is 0 Å². The van der Waals surface area contributed by atoms with E-state index in [0.29, 0.717) is 6.04 Å². The number of anilines is 1. The molecule has 0 saturated carbocycles. The molecule has 1 saturated heterocycles. The fourth-order valence-electron chi connectivity index (χ4n) is 3.55. The summed E-state index contributed by atoms with van der Waals surface area (Å²) in [6.07, 6.45) is 6.41. The van der Waals surface area contributed by atoms with Crippen molar-refractivity contribution in [3.63, 3.8) is 0 Å². The molecule has 1 heterocycles.